The molecule has 21 heavy (non-hydrogen) atoms. The molecule has 4 heteroatoms. The van der Waals surface area contributed by atoms with Crippen LogP contribution in [0.5, 0.6) is 0 Å². The largest absolute Gasteiger partial charge is 0.377 e. The third kappa shape index (κ3) is 3.85. The zero-order valence-corrected chi connectivity index (χ0v) is 13.6. The van der Waals surface area contributed by atoms with Gasteiger partial charge < -0.3 is 10.6 Å². The fourth-order valence-corrected chi connectivity index (χ4v) is 3.08. The van der Waals surface area contributed by atoms with Crippen LogP contribution in [0.2, 0.25) is 0 Å². The predicted molar refractivity (Wildman–Crippen MR) is 91.1 cm³/mol. The molecule has 1 aromatic heterocycles. The average molecular weight is 302 g/mol. The summed E-state index contributed by atoms with van der Waals surface area (Å²) in [7, 11) is 0. The quantitative estimate of drug-likeness (QED) is 0.791. The van der Waals surface area contributed by atoms with E-state index in [0.717, 1.165) is 23.4 Å². The predicted octanol–water partition coefficient (Wildman–Crippen LogP) is 4.97. The second kappa shape index (κ2) is 7.27. The van der Waals surface area contributed by atoms with E-state index in [2.05, 4.69) is 41.1 Å². The molecule has 1 heterocycles. The highest BCUT2D eigenvalue weighted by Gasteiger charge is 2.13. The molecule has 1 amide bonds. The lowest BCUT2D eigenvalue weighted by molar-refractivity contribution is -0.115. The molecule has 2 rings (SSSR count). The maximum absolute atomic E-state index is 11.6. The molecule has 2 aromatic rings. The Morgan fingerprint density at radius 3 is 2.57 bits per heavy atom. The molecule has 0 fully saturated rings. The maximum atomic E-state index is 11.6. The van der Waals surface area contributed by atoms with Gasteiger partial charge in [0.15, 0.2) is 0 Å². The van der Waals surface area contributed by atoms with Crippen LogP contribution in [0.1, 0.15) is 43.2 Å². The Bertz CT molecular complexity index is 593. The van der Waals surface area contributed by atoms with Crippen LogP contribution >= 0.6 is 11.3 Å². The summed E-state index contributed by atoms with van der Waals surface area (Å²) >= 11 is 1.77. The minimum atomic E-state index is 0.0422. The van der Waals surface area contributed by atoms with Crippen molar-refractivity contribution in [3.63, 3.8) is 0 Å². The van der Waals surface area contributed by atoms with Crippen LogP contribution in [0.25, 0.3) is 0 Å². The van der Waals surface area contributed by atoms with E-state index in [9.17, 15) is 4.79 Å². The Morgan fingerprint density at radius 1 is 1.19 bits per heavy atom. The van der Waals surface area contributed by atoms with E-state index in [4.69, 9.17) is 0 Å². The first-order chi connectivity index (χ1) is 10.2. The summed E-state index contributed by atoms with van der Waals surface area (Å²) < 4.78 is 0. The molecule has 0 saturated heterocycles. The van der Waals surface area contributed by atoms with Gasteiger partial charge in [-0.2, -0.15) is 0 Å². The summed E-state index contributed by atoms with van der Waals surface area (Å²) in [6.07, 6.45) is 1.51. The minimum absolute atomic E-state index is 0.0422. The second-order valence-electron chi connectivity index (χ2n) is 5.00. The molecular formula is C17H22N2OS. The van der Waals surface area contributed by atoms with Crippen LogP contribution in [0.15, 0.2) is 35.7 Å². The van der Waals surface area contributed by atoms with Crippen molar-refractivity contribution >= 4 is 28.6 Å². The first-order valence-corrected chi connectivity index (χ1v) is 8.23. The van der Waals surface area contributed by atoms with Crippen molar-refractivity contribution in [2.45, 2.75) is 39.7 Å². The fourth-order valence-electron chi connectivity index (χ4n) is 2.22. The van der Waals surface area contributed by atoms with Gasteiger partial charge in [-0.3, -0.25) is 4.79 Å². The number of thiophene rings is 1. The molecule has 0 bridgehead atoms. The molecule has 0 saturated carbocycles. The van der Waals surface area contributed by atoms with Gasteiger partial charge in [0.1, 0.15) is 0 Å². The van der Waals surface area contributed by atoms with Crippen molar-refractivity contribution in [3.05, 3.63) is 46.2 Å². The Kier molecular flexibility index (Phi) is 5.39. The van der Waals surface area contributed by atoms with E-state index >= 15 is 0 Å². The van der Waals surface area contributed by atoms with Crippen molar-refractivity contribution in [3.8, 4) is 0 Å². The molecule has 3 nitrogen and oxygen atoms in total. The standard InChI is InChI=1S/C17H22N2OS/c1-4-13(16-10-7-11-21-16)18-14-8-6-9-15(12(14)3)19-17(20)5-2/h6-11,13,18H,4-5H2,1-3H3,(H,19,20). The molecule has 0 radical (unpaired) electrons. The van der Waals surface area contributed by atoms with Crippen LogP contribution in [0.3, 0.4) is 0 Å². The lowest BCUT2D eigenvalue weighted by Crippen LogP contribution is -2.13. The van der Waals surface area contributed by atoms with E-state index < -0.39 is 0 Å². The van der Waals surface area contributed by atoms with Crippen LogP contribution in [0, 0.1) is 6.92 Å². The van der Waals surface area contributed by atoms with Gasteiger partial charge in [0.05, 0.1) is 6.04 Å². The summed E-state index contributed by atoms with van der Waals surface area (Å²) in [5, 5.41) is 8.64. The lowest BCUT2D eigenvalue weighted by Gasteiger charge is -2.20. The number of hydrogen-bond donors (Lipinski definition) is 2. The third-order valence-electron chi connectivity index (χ3n) is 3.55. The molecule has 0 aliphatic heterocycles. The highest BCUT2D eigenvalue weighted by molar-refractivity contribution is 7.10. The summed E-state index contributed by atoms with van der Waals surface area (Å²) in [6.45, 7) is 6.07. The Hall–Kier alpha value is -1.81. The molecule has 0 aliphatic carbocycles. The summed E-state index contributed by atoms with van der Waals surface area (Å²) in [6, 6.07) is 10.5. The maximum Gasteiger partial charge on any atom is 0.224 e. The van der Waals surface area contributed by atoms with Crippen molar-refractivity contribution < 1.29 is 4.79 Å². The molecule has 112 valence electrons. The van der Waals surface area contributed by atoms with Gasteiger partial charge in [0.2, 0.25) is 5.91 Å². The van der Waals surface area contributed by atoms with Crippen LogP contribution in [0.4, 0.5) is 11.4 Å². The van der Waals surface area contributed by atoms with Crippen molar-refractivity contribution in [2.75, 3.05) is 10.6 Å². The van der Waals surface area contributed by atoms with Crippen molar-refractivity contribution in [1.29, 1.82) is 0 Å². The normalized spacial score (nSPS) is 12.0. The van der Waals surface area contributed by atoms with E-state index in [1.54, 1.807) is 11.3 Å². The monoisotopic (exact) mass is 302 g/mol. The zero-order valence-electron chi connectivity index (χ0n) is 12.8. The van der Waals surface area contributed by atoms with Gasteiger partial charge in [0, 0.05) is 22.7 Å². The van der Waals surface area contributed by atoms with E-state index in [-0.39, 0.29) is 5.91 Å². The van der Waals surface area contributed by atoms with Gasteiger partial charge in [-0.25, -0.2) is 0 Å². The second-order valence-corrected chi connectivity index (χ2v) is 5.98. The van der Waals surface area contributed by atoms with Gasteiger partial charge in [0.25, 0.3) is 0 Å². The topological polar surface area (TPSA) is 41.1 Å². The van der Waals surface area contributed by atoms with Crippen molar-refractivity contribution in [1.82, 2.24) is 0 Å². The van der Waals surface area contributed by atoms with E-state index in [1.807, 2.05) is 26.0 Å². The highest BCUT2D eigenvalue weighted by Crippen LogP contribution is 2.30. The number of rotatable bonds is 6. The molecule has 1 unspecified atom stereocenters. The Labute approximate surface area is 130 Å². The molecule has 2 N–H and O–H groups in total. The van der Waals surface area contributed by atoms with Crippen LogP contribution in [-0.4, -0.2) is 5.91 Å². The third-order valence-corrected chi connectivity index (χ3v) is 4.54. The van der Waals surface area contributed by atoms with Gasteiger partial charge in [-0.05, 0) is 42.5 Å². The number of amides is 1. The number of nitrogens with one attached hydrogen (secondary N) is 2. The van der Waals surface area contributed by atoms with Crippen LogP contribution < -0.4 is 10.6 Å². The number of hydrogen-bond acceptors (Lipinski definition) is 3. The molecule has 1 aromatic carbocycles. The fraction of sp³-hybridized carbons (Fsp3) is 0.353. The smallest absolute Gasteiger partial charge is 0.224 e. The van der Waals surface area contributed by atoms with E-state index in [1.165, 1.54) is 4.88 Å². The summed E-state index contributed by atoms with van der Waals surface area (Å²) in [5.41, 5.74) is 3.03. The first kappa shape index (κ1) is 15.6. The number of benzene rings is 1. The number of carbonyl (C=O) groups is 1. The molecule has 0 spiro atoms. The Balaban J connectivity index is 2.20. The van der Waals surface area contributed by atoms with Crippen molar-refractivity contribution in [2.24, 2.45) is 0 Å². The molecular weight excluding hydrogens is 280 g/mol. The zero-order chi connectivity index (χ0) is 15.2. The Morgan fingerprint density at radius 2 is 1.95 bits per heavy atom. The lowest BCUT2D eigenvalue weighted by atomic mass is 10.1. The van der Waals surface area contributed by atoms with Gasteiger partial charge >= 0.3 is 0 Å². The van der Waals surface area contributed by atoms with E-state index in [0.29, 0.717) is 12.5 Å². The van der Waals surface area contributed by atoms with Gasteiger partial charge in [-0.1, -0.05) is 26.0 Å². The molecule has 0 aliphatic rings. The first-order valence-electron chi connectivity index (χ1n) is 7.35. The highest BCUT2D eigenvalue weighted by atomic mass is 32.1. The van der Waals surface area contributed by atoms with Gasteiger partial charge in [-0.15, -0.1) is 11.3 Å². The molecule has 1 atom stereocenters. The number of carbonyl (C=O) groups excluding carboxylic acids is 1. The minimum Gasteiger partial charge on any atom is -0.377 e. The SMILES string of the molecule is CCC(=O)Nc1cccc(NC(CC)c2cccs2)c1C. The number of anilines is 2. The summed E-state index contributed by atoms with van der Waals surface area (Å²) in [4.78, 5) is 12.9. The average Bonchev–Trinajstić information content (AvgIpc) is 3.02. The summed E-state index contributed by atoms with van der Waals surface area (Å²) in [5.74, 6) is 0.0422. The van der Waals surface area contributed by atoms with Crippen LogP contribution in [-0.2, 0) is 4.79 Å².